The normalized spacial score (nSPS) is 16.8. The van der Waals surface area contributed by atoms with Crippen LogP contribution in [-0.4, -0.2) is 55.9 Å². The van der Waals surface area contributed by atoms with Crippen LogP contribution in [0.1, 0.15) is 61.6 Å². The number of nitrogens with one attached hydrogen (secondary N) is 2. The van der Waals surface area contributed by atoms with Crippen LogP contribution in [0, 0.1) is 6.92 Å². The fraction of sp³-hybridized carbons (Fsp3) is 0.636. The number of guanidine groups is 1. The average molecular weight is 418 g/mol. The molecule has 1 fully saturated rings. The van der Waals surface area contributed by atoms with Gasteiger partial charge in [-0.2, -0.15) is 0 Å². The summed E-state index contributed by atoms with van der Waals surface area (Å²) in [6.07, 6.45) is 2.13. The van der Waals surface area contributed by atoms with E-state index in [2.05, 4.69) is 45.6 Å². The third-order valence-electron chi connectivity index (χ3n) is 5.67. The van der Waals surface area contributed by atoms with Gasteiger partial charge < -0.3 is 24.3 Å². The summed E-state index contributed by atoms with van der Waals surface area (Å²) in [6, 6.07) is 6.23. The fourth-order valence-electron chi connectivity index (χ4n) is 3.83. The maximum absolute atomic E-state index is 5.93. The Bertz CT molecular complexity index is 790. The van der Waals surface area contributed by atoms with Crippen molar-refractivity contribution in [2.75, 3.05) is 39.9 Å². The number of aryl methyl sites for hydroxylation is 1. The second-order valence-corrected chi connectivity index (χ2v) is 7.65. The lowest BCUT2D eigenvalue weighted by Crippen LogP contribution is -2.46. The number of hydrogen-bond donors (Lipinski definition) is 2. The maximum Gasteiger partial charge on any atom is 0.191 e. The Labute approximate surface area is 179 Å². The van der Waals surface area contributed by atoms with Gasteiger partial charge in [0.15, 0.2) is 11.7 Å². The van der Waals surface area contributed by atoms with Gasteiger partial charge in [-0.25, -0.2) is 0 Å². The van der Waals surface area contributed by atoms with Crippen LogP contribution < -0.4 is 10.6 Å². The van der Waals surface area contributed by atoms with Crippen molar-refractivity contribution in [1.29, 1.82) is 0 Å². The molecule has 0 spiro atoms. The van der Waals surface area contributed by atoms with Crippen molar-refractivity contribution in [3.05, 3.63) is 41.2 Å². The molecule has 8 heteroatoms. The molecule has 0 aromatic carbocycles. The van der Waals surface area contributed by atoms with E-state index in [4.69, 9.17) is 13.7 Å². The number of morpholine rings is 1. The largest absolute Gasteiger partial charge is 0.465 e. The summed E-state index contributed by atoms with van der Waals surface area (Å²) in [5, 5.41) is 11.0. The number of aromatic nitrogens is 1. The monoisotopic (exact) mass is 417 g/mol. The van der Waals surface area contributed by atoms with E-state index in [0.29, 0.717) is 19.0 Å². The number of hydrogen-bond acceptors (Lipinski definition) is 6. The first-order chi connectivity index (χ1) is 14.6. The number of ether oxygens (including phenoxy) is 1. The molecule has 166 valence electrons. The minimum absolute atomic E-state index is 0.118. The standard InChI is InChI=1S/C22H35N5O3/c1-5-17(6-2)19-13-18(30-26-19)14-24-22(23-4)25-15-20(21-8-7-16(3)29-21)27-9-11-28-12-10-27/h7-8,13,17,20H,5-6,9-12,14-15H2,1-4H3,(H2,23,24,25). The lowest BCUT2D eigenvalue weighted by Gasteiger charge is -2.33. The molecule has 3 rings (SSSR count). The summed E-state index contributed by atoms with van der Waals surface area (Å²) in [5.74, 6) is 3.86. The molecule has 1 unspecified atom stereocenters. The molecule has 8 nitrogen and oxygen atoms in total. The Kier molecular flexibility index (Phi) is 8.33. The van der Waals surface area contributed by atoms with Crippen LogP contribution in [0.3, 0.4) is 0 Å². The first kappa shape index (κ1) is 22.4. The molecule has 0 saturated carbocycles. The van der Waals surface area contributed by atoms with E-state index in [-0.39, 0.29) is 6.04 Å². The van der Waals surface area contributed by atoms with Crippen molar-refractivity contribution in [2.24, 2.45) is 4.99 Å². The van der Waals surface area contributed by atoms with Crippen LogP contribution >= 0.6 is 0 Å². The van der Waals surface area contributed by atoms with Gasteiger partial charge in [0, 0.05) is 38.7 Å². The van der Waals surface area contributed by atoms with Gasteiger partial charge in [0.25, 0.3) is 0 Å². The number of nitrogens with zero attached hydrogens (tertiary/aromatic N) is 3. The number of rotatable bonds is 9. The van der Waals surface area contributed by atoms with E-state index in [0.717, 1.165) is 68.1 Å². The molecule has 3 heterocycles. The molecule has 0 bridgehead atoms. The Morgan fingerprint density at radius 1 is 1.20 bits per heavy atom. The first-order valence-corrected chi connectivity index (χ1v) is 10.9. The molecule has 0 aliphatic carbocycles. The molecule has 2 aromatic rings. The molecule has 30 heavy (non-hydrogen) atoms. The molecule has 2 N–H and O–H groups in total. The summed E-state index contributed by atoms with van der Waals surface area (Å²) < 4.78 is 17.0. The third-order valence-corrected chi connectivity index (χ3v) is 5.67. The average Bonchev–Trinajstić information content (AvgIpc) is 3.41. The minimum atomic E-state index is 0.118. The Morgan fingerprint density at radius 3 is 2.60 bits per heavy atom. The zero-order chi connectivity index (χ0) is 21.3. The highest BCUT2D eigenvalue weighted by molar-refractivity contribution is 5.79. The second kappa shape index (κ2) is 11.2. The summed E-state index contributed by atoms with van der Waals surface area (Å²) in [6.45, 7) is 10.8. The molecule has 1 aliphatic rings. The number of aliphatic imine (C=N–C) groups is 1. The van der Waals surface area contributed by atoms with Crippen LogP contribution in [-0.2, 0) is 11.3 Å². The SMILES string of the molecule is CCC(CC)c1cc(CNC(=NC)NCC(c2ccc(C)o2)N2CCOCC2)on1. The Hall–Kier alpha value is -2.32. The van der Waals surface area contributed by atoms with Crippen molar-refractivity contribution in [3.8, 4) is 0 Å². The smallest absolute Gasteiger partial charge is 0.191 e. The number of furan rings is 1. The van der Waals surface area contributed by atoms with Crippen molar-refractivity contribution in [1.82, 2.24) is 20.7 Å². The fourth-order valence-corrected chi connectivity index (χ4v) is 3.83. The van der Waals surface area contributed by atoms with Gasteiger partial charge in [0.1, 0.15) is 11.5 Å². The van der Waals surface area contributed by atoms with E-state index in [9.17, 15) is 0 Å². The van der Waals surface area contributed by atoms with Crippen molar-refractivity contribution in [2.45, 2.75) is 52.1 Å². The van der Waals surface area contributed by atoms with Gasteiger partial charge in [-0.15, -0.1) is 0 Å². The predicted octanol–water partition coefficient (Wildman–Crippen LogP) is 3.22. The van der Waals surface area contributed by atoms with Crippen LogP contribution in [0.25, 0.3) is 0 Å². The molecule has 1 aliphatic heterocycles. The van der Waals surface area contributed by atoms with Crippen molar-refractivity contribution in [3.63, 3.8) is 0 Å². The van der Waals surface area contributed by atoms with Gasteiger partial charge in [-0.3, -0.25) is 9.89 Å². The van der Waals surface area contributed by atoms with Crippen LogP contribution in [0.15, 0.2) is 32.1 Å². The summed E-state index contributed by atoms with van der Waals surface area (Å²) in [5.41, 5.74) is 1.03. The molecule has 2 aromatic heterocycles. The molecular formula is C22H35N5O3. The Balaban J connectivity index is 1.57. The van der Waals surface area contributed by atoms with Gasteiger partial charge >= 0.3 is 0 Å². The maximum atomic E-state index is 5.93. The van der Waals surface area contributed by atoms with Gasteiger partial charge in [-0.1, -0.05) is 19.0 Å². The van der Waals surface area contributed by atoms with Crippen LogP contribution in [0.5, 0.6) is 0 Å². The lowest BCUT2D eigenvalue weighted by molar-refractivity contribution is 0.0124. The zero-order valence-corrected chi connectivity index (χ0v) is 18.6. The highest BCUT2D eigenvalue weighted by Gasteiger charge is 2.25. The van der Waals surface area contributed by atoms with E-state index in [1.165, 1.54) is 0 Å². The van der Waals surface area contributed by atoms with Gasteiger partial charge in [-0.05, 0) is 31.9 Å². The summed E-state index contributed by atoms with van der Waals surface area (Å²) in [4.78, 5) is 6.74. The zero-order valence-electron chi connectivity index (χ0n) is 18.6. The first-order valence-electron chi connectivity index (χ1n) is 10.9. The molecular weight excluding hydrogens is 382 g/mol. The van der Waals surface area contributed by atoms with Crippen molar-refractivity contribution < 1.29 is 13.7 Å². The highest BCUT2D eigenvalue weighted by atomic mass is 16.5. The van der Waals surface area contributed by atoms with E-state index >= 15 is 0 Å². The molecule has 0 amide bonds. The molecule has 1 saturated heterocycles. The molecule has 0 radical (unpaired) electrons. The van der Waals surface area contributed by atoms with E-state index in [1.807, 2.05) is 19.1 Å². The van der Waals surface area contributed by atoms with Crippen LogP contribution in [0.4, 0.5) is 0 Å². The quantitative estimate of drug-likeness (QED) is 0.478. The summed E-state index contributed by atoms with van der Waals surface area (Å²) >= 11 is 0. The summed E-state index contributed by atoms with van der Waals surface area (Å²) in [7, 11) is 1.77. The lowest BCUT2D eigenvalue weighted by atomic mass is 9.99. The highest BCUT2D eigenvalue weighted by Crippen LogP contribution is 2.24. The van der Waals surface area contributed by atoms with Gasteiger partial charge in [0.2, 0.25) is 0 Å². The Morgan fingerprint density at radius 2 is 1.97 bits per heavy atom. The van der Waals surface area contributed by atoms with Gasteiger partial charge in [0.05, 0.1) is 31.5 Å². The minimum Gasteiger partial charge on any atom is -0.465 e. The van der Waals surface area contributed by atoms with E-state index in [1.54, 1.807) is 7.05 Å². The topological polar surface area (TPSA) is 88.1 Å². The second-order valence-electron chi connectivity index (χ2n) is 7.65. The van der Waals surface area contributed by atoms with Crippen LogP contribution in [0.2, 0.25) is 0 Å². The van der Waals surface area contributed by atoms with Crippen molar-refractivity contribution >= 4 is 5.96 Å². The predicted molar refractivity (Wildman–Crippen MR) is 117 cm³/mol. The van der Waals surface area contributed by atoms with E-state index < -0.39 is 0 Å². The third kappa shape index (κ3) is 5.86. The molecule has 1 atom stereocenters.